The van der Waals surface area contributed by atoms with Crippen LogP contribution in [0.15, 0.2) is 42.7 Å². The molecule has 0 aliphatic carbocycles. The zero-order valence-corrected chi connectivity index (χ0v) is 16.0. The lowest BCUT2D eigenvalue weighted by molar-refractivity contribution is -0.146. The molecule has 1 aromatic heterocycles. The molecule has 3 N–H and O–H groups in total. The standard InChI is InChI=1S/C21H24N4O3/c1-13-4-3-5-15(8-13)18-7-6-14(2)12-25(18)21(28)20(27)24-17-9-16(19(22)26)10-23-11-17/h3-5,8-11,14,18H,6-7,12H2,1-2H3,(H2,22,26)(H,24,27)/t14-,18+/m0/s1. The molecule has 1 aliphatic rings. The van der Waals surface area contributed by atoms with Gasteiger partial charge in [0.25, 0.3) is 0 Å². The molecule has 7 nitrogen and oxygen atoms in total. The second-order valence-corrected chi connectivity index (χ2v) is 7.35. The van der Waals surface area contributed by atoms with E-state index in [4.69, 9.17) is 5.73 Å². The molecule has 0 bridgehead atoms. The summed E-state index contributed by atoms with van der Waals surface area (Å²) in [5.74, 6) is -1.69. The Labute approximate surface area is 163 Å². The molecule has 7 heteroatoms. The van der Waals surface area contributed by atoms with Crippen molar-refractivity contribution in [2.45, 2.75) is 32.7 Å². The fraction of sp³-hybridized carbons (Fsp3) is 0.333. The number of amides is 3. The number of primary amides is 1. The van der Waals surface area contributed by atoms with Crippen molar-refractivity contribution in [2.75, 3.05) is 11.9 Å². The Morgan fingerprint density at radius 3 is 2.68 bits per heavy atom. The van der Waals surface area contributed by atoms with Gasteiger partial charge in [0.1, 0.15) is 0 Å². The van der Waals surface area contributed by atoms with E-state index < -0.39 is 17.7 Å². The Hall–Kier alpha value is -3.22. The summed E-state index contributed by atoms with van der Waals surface area (Å²) in [6, 6.07) is 9.28. The third-order valence-electron chi connectivity index (χ3n) is 4.98. The van der Waals surface area contributed by atoms with Gasteiger partial charge in [0.15, 0.2) is 0 Å². The van der Waals surface area contributed by atoms with E-state index in [9.17, 15) is 14.4 Å². The van der Waals surface area contributed by atoms with Gasteiger partial charge in [-0.3, -0.25) is 19.4 Å². The second-order valence-electron chi connectivity index (χ2n) is 7.35. The maximum absolute atomic E-state index is 12.9. The lowest BCUT2D eigenvalue weighted by Crippen LogP contribution is -2.46. The number of aromatic nitrogens is 1. The number of rotatable bonds is 3. The van der Waals surface area contributed by atoms with Crippen LogP contribution in [0.2, 0.25) is 0 Å². The summed E-state index contributed by atoms with van der Waals surface area (Å²) in [4.78, 5) is 42.3. The number of nitrogens with one attached hydrogen (secondary N) is 1. The fourth-order valence-corrected chi connectivity index (χ4v) is 3.56. The van der Waals surface area contributed by atoms with Crippen LogP contribution in [0.4, 0.5) is 5.69 Å². The molecule has 2 atom stereocenters. The Morgan fingerprint density at radius 1 is 1.18 bits per heavy atom. The average molecular weight is 380 g/mol. The number of aryl methyl sites for hydroxylation is 1. The van der Waals surface area contributed by atoms with Crippen LogP contribution >= 0.6 is 0 Å². The lowest BCUT2D eigenvalue weighted by atomic mass is 9.89. The summed E-state index contributed by atoms with van der Waals surface area (Å²) in [5, 5.41) is 2.53. The molecule has 2 heterocycles. The predicted octanol–water partition coefficient (Wildman–Crippen LogP) is 2.43. The van der Waals surface area contributed by atoms with Crippen molar-refractivity contribution in [1.29, 1.82) is 0 Å². The molecule has 0 spiro atoms. The number of carbonyl (C=O) groups is 3. The summed E-state index contributed by atoms with van der Waals surface area (Å²) >= 11 is 0. The Balaban J connectivity index is 1.80. The van der Waals surface area contributed by atoms with Gasteiger partial charge < -0.3 is 16.0 Å². The van der Waals surface area contributed by atoms with Crippen molar-refractivity contribution in [2.24, 2.45) is 11.7 Å². The molecule has 28 heavy (non-hydrogen) atoms. The number of benzene rings is 1. The van der Waals surface area contributed by atoms with Gasteiger partial charge in [0.2, 0.25) is 5.91 Å². The number of hydrogen-bond donors (Lipinski definition) is 2. The molecule has 3 rings (SSSR count). The average Bonchev–Trinajstić information content (AvgIpc) is 2.67. The summed E-state index contributed by atoms with van der Waals surface area (Å²) in [7, 11) is 0. The van der Waals surface area contributed by atoms with Crippen molar-refractivity contribution in [3.8, 4) is 0 Å². The molecule has 1 saturated heterocycles. The van der Waals surface area contributed by atoms with Gasteiger partial charge in [-0.25, -0.2) is 0 Å². The van der Waals surface area contributed by atoms with Gasteiger partial charge in [-0.2, -0.15) is 0 Å². The number of nitrogens with two attached hydrogens (primary N) is 1. The van der Waals surface area contributed by atoms with Crippen molar-refractivity contribution in [1.82, 2.24) is 9.88 Å². The van der Waals surface area contributed by atoms with Gasteiger partial charge in [-0.05, 0) is 37.3 Å². The van der Waals surface area contributed by atoms with E-state index in [1.54, 1.807) is 4.90 Å². The van der Waals surface area contributed by atoms with Gasteiger partial charge in [0.05, 0.1) is 23.5 Å². The zero-order chi connectivity index (χ0) is 20.3. The van der Waals surface area contributed by atoms with Crippen molar-refractivity contribution < 1.29 is 14.4 Å². The maximum Gasteiger partial charge on any atom is 0.313 e. The number of piperidine rings is 1. The van der Waals surface area contributed by atoms with Crippen molar-refractivity contribution in [3.05, 3.63) is 59.4 Å². The Kier molecular flexibility index (Phi) is 5.73. The number of pyridine rings is 1. The molecule has 2 aromatic rings. The van der Waals surface area contributed by atoms with E-state index in [-0.39, 0.29) is 17.3 Å². The van der Waals surface area contributed by atoms with Crippen LogP contribution in [0.3, 0.4) is 0 Å². The molecule has 146 valence electrons. The second kappa shape index (κ2) is 8.21. The minimum atomic E-state index is -0.754. The predicted molar refractivity (Wildman–Crippen MR) is 105 cm³/mol. The van der Waals surface area contributed by atoms with E-state index in [2.05, 4.69) is 23.3 Å². The number of hydrogen-bond acceptors (Lipinski definition) is 4. The van der Waals surface area contributed by atoms with E-state index in [0.29, 0.717) is 12.5 Å². The first-order valence-corrected chi connectivity index (χ1v) is 9.28. The Bertz CT molecular complexity index is 912. The molecule has 1 aliphatic heterocycles. The van der Waals surface area contributed by atoms with Crippen LogP contribution in [0.25, 0.3) is 0 Å². The molecule has 0 radical (unpaired) electrons. The first kappa shape index (κ1) is 19.5. The third kappa shape index (κ3) is 4.36. The lowest BCUT2D eigenvalue weighted by Gasteiger charge is -2.38. The summed E-state index contributed by atoms with van der Waals surface area (Å²) in [5.41, 5.74) is 7.80. The molecule has 1 aromatic carbocycles. The van der Waals surface area contributed by atoms with E-state index in [1.807, 2.05) is 25.1 Å². The SMILES string of the molecule is Cc1cccc([C@H]2CC[C@H](C)CN2C(=O)C(=O)Nc2cncc(C(N)=O)c2)c1. The number of likely N-dealkylation sites (tertiary alicyclic amines) is 1. The first-order valence-electron chi connectivity index (χ1n) is 9.28. The molecular weight excluding hydrogens is 356 g/mol. The summed E-state index contributed by atoms with van der Waals surface area (Å²) in [6.07, 6.45) is 4.48. The molecule has 1 fully saturated rings. The number of anilines is 1. The van der Waals surface area contributed by atoms with Gasteiger partial charge >= 0.3 is 11.8 Å². The highest BCUT2D eigenvalue weighted by atomic mass is 16.2. The summed E-state index contributed by atoms with van der Waals surface area (Å²) < 4.78 is 0. The highest BCUT2D eigenvalue weighted by Gasteiger charge is 2.34. The largest absolute Gasteiger partial charge is 0.366 e. The highest BCUT2D eigenvalue weighted by molar-refractivity contribution is 6.39. The fourth-order valence-electron chi connectivity index (χ4n) is 3.56. The van der Waals surface area contributed by atoms with Crippen LogP contribution in [0.5, 0.6) is 0 Å². The molecule has 0 saturated carbocycles. The molecule has 0 unspecified atom stereocenters. The first-order chi connectivity index (χ1) is 13.3. The molecule has 3 amide bonds. The third-order valence-corrected chi connectivity index (χ3v) is 4.98. The van der Waals surface area contributed by atoms with Crippen molar-refractivity contribution >= 4 is 23.4 Å². The van der Waals surface area contributed by atoms with Gasteiger partial charge in [-0.1, -0.05) is 36.8 Å². The van der Waals surface area contributed by atoms with Crippen molar-refractivity contribution in [3.63, 3.8) is 0 Å². The van der Waals surface area contributed by atoms with Crippen LogP contribution in [-0.2, 0) is 9.59 Å². The van der Waals surface area contributed by atoms with Crippen LogP contribution in [0.1, 0.15) is 47.3 Å². The van der Waals surface area contributed by atoms with Crippen LogP contribution in [0, 0.1) is 12.8 Å². The normalized spacial score (nSPS) is 19.1. The quantitative estimate of drug-likeness (QED) is 0.798. The smallest absolute Gasteiger partial charge is 0.313 e. The molecular formula is C21H24N4O3. The maximum atomic E-state index is 12.9. The van der Waals surface area contributed by atoms with Crippen LogP contribution in [-0.4, -0.2) is 34.2 Å². The summed E-state index contributed by atoms with van der Waals surface area (Å²) in [6.45, 7) is 4.60. The zero-order valence-electron chi connectivity index (χ0n) is 16.0. The topological polar surface area (TPSA) is 105 Å². The monoisotopic (exact) mass is 380 g/mol. The highest BCUT2D eigenvalue weighted by Crippen LogP contribution is 2.33. The number of nitrogens with zero attached hydrogens (tertiary/aromatic N) is 2. The van der Waals surface area contributed by atoms with E-state index in [0.717, 1.165) is 24.0 Å². The van der Waals surface area contributed by atoms with E-state index in [1.165, 1.54) is 18.5 Å². The minimum Gasteiger partial charge on any atom is -0.366 e. The van der Waals surface area contributed by atoms with Gasteiger partial charge in [0, 0.05) is 12.7 Å². The van der Waals surface area contributed by atoms with Gasteiger partial charge in [-0.15, -0.1) is 0 Å². The minimum absolute atomic E-state index is 0.135. The van der Waals surface area contributed by atoms with E-state index >= 15 is 0 Å². The van der Waals surface area contributed by atoms with Crippen LogP contribution < -0.4 is 11.1 Å². The Morgan fingerprint density at radius 2 is 1.96 bits per heavy atom. The number of carbonyl (C=O) groups excluding carboxylic acids is 3.